The molecule has 5 aliphatic rings. The Kier molecular flexibility index (Phi) is 27.0. The lowest BCUT2D eigenvalue weighted by Gasteiger charge is -2.35. The summed E-state index contributed by atoms with van der Waals surface area (Å²) in [5.41, 5.74) is 32.9. The first-order valence-corrected chi connectivity index (χ1v) is 33.5. The van der Waals surface area contributed by atoms with Gasteiger partial charge in [0.05, 0.1) is 67.4 Å². The molecule has 0 saturated carbocycles. The molecule has 1 amide bonds. The van der Waals surface area contributed by atoms with Gasteiger partial charge in [0.15, 0.2) is 52.2 Å². The zero-order valence-electron chi connectivity index (χ0n) is 58.5. The van der Waals surface area contributed by atoms with Crippen molar-refractivity contribution in [2.24, 2.45) is 17.4 Å². The Morgan fingerprint density at radius 2 is 1.11 bits per heavy atom. The average Bonchev–Trinajstić information content (AvgIpc) is 0.966. The third kappa shape index (κ3) is 18.5. The van der Waals surface area contributed by atoms with Crippen LogP contribution in [-0.2, 0) is 4.79 Å². The van der Waals surface area contributed by atoms with Crippen molar-refractivity contribution >= 4 is 66.8 Å². The number of hydrogen-bond acceptors (Lipinski definition) is 25. The van der Waals surface area contributed by atoms with E-state index in [9.17, 15) is 25.4 Å². The number of anilines is 4. The lowest BCUT2D eigenvalue weighted by molar-refractivity contribution is -0.120. The van der Waals surface area contributed by atoms with Gasteiger partial charge in [0.1, 0.15) is 64.9 Å². The Morgan fingerprint density at radius 3 is 1.59 bits per heavy atom. The topological polar surface area (TPSA) is 397 Å². The molecule has 28 heteroatoms. The number of nitrogens with one attached hydrogen (secondary N) is 1. The van der Waals surface area contributed by atoms with E-state index in [-0.39, 0.29) is 61.7 Å². The number of carbonyl (C=O) groups is 2. The van der Waals surface area contributed by atoms with Crippen molar-refractivity contribution in [1.29, 1.82) is 26.3 Å². The summed E-state index contributed by atoms with van der Waals surface area (Å²) in [6.45, 7) is 2.13. The molecule has 5 atom stereocenters. The van der Waals surface area contributed by atoms with E-state index >= 15 is 0 Å². The number of rotatable bonds is 12. The highest BCUT2D eigenvalue weighted by Crippen LogP contribution is 2.50. The Labute approximate surface area is 624 Å². The smallest absolute Gasteiger partial charge is 0.231 e. The van der Waals surface area contributed by atoms with Crippen molar-refractivity contribution in [3.63, 3.8) is 0 Å². The number of aldehydes is 1. The van der Waals surface area contributed by atoms with E-state index in [0.29, 0.717) is 95.8 Å². The van der Waals surface area contributed by atoms with E-state index < -0.39 is 18.1 Å². The predicted octanol–water partition coefficient (Wildman–Crippen LogP) is 12.6. The van der Waals surface area contributed by atoms with Crippen LogP contribution in [0.2, 0.25) is 0 Å². The van der Waals surface area contributed by atoms with Crippen LogP contribution in [-0.4, -0.2) is 93.7 Å². The van der Waals surface area contributed by atoms with Crippen molar-refractivity contribution in [3.05, 3.63) is 210 Å². The van der Waals surface area contributed by atoms with E-state index in [0.717, 1.165) is 55.5 Å². The number of fused-ring (bicyclic) bond motifs is 5. The average molecular weight is 1550 g/mol. The quantitative estimate of drug-likeness (QED) is 0.0489. The van der Waals surface area contributed by atoms with Gasteiger partial charge in [-0.2, -0.15) is 26.3 Å². The Hall–Kier alpha value is -12.7. The fraction of sp³-hybridized carbons (Fsp3) is 0.234. The number of methoxy groups -OCH3 is 4. The number of ether oxygens (including phenoxy) is 11. The van der Waals surface area contributed by atoms with Gasteiger partial charge in [0.2, 0.25) is 31.3 Å². The number of phenols is 1. The summed E-state index contributed by atoms with van der Waals surface area (Å²) in [4.78, 5) is 26.5. The Bertz CT molecular complexity index is 4790. The molecule has 0 fully saturated rings. The number of nitrogen functional groups attached to an aromatic ring is 2. The van der Waals surface area contributed by atoms with Crippen molar-refractivity contribution < 1.29 is 66.8 Å². The van der Waals surface area contributed by atoms with Gasteiger partial charge in [0, 0.05) is 110 Å². The fourth-order valence-electron chi connectivity index (χ4n) is 11.3. The number of nitriles is 5. The molecule has 105 heavy (non-hydrogen) atoms. The summed E-state index contributed by atoms with van der Waals surface area (Å²) in [6.07, 6.45) is 0.286. The van der Waals surface area contributed by atoms with Gasteiger partial charge in [-0.15, -0.1) is 0 Å². The summed E-state index contributed by atoms with van der Waals surface area (Å²) >= 11 is 6.78. The van der Waals surface area contributed by atoms with Gasteiger partial charge >= 0.3 is 0 Å². The highest BCUT2D eigenvalue weighted by atomic mass is 79.9. The van der Waals surface area contributed by atoms with E-state index in [1.807, 2.05) is 129 Å². The molecular weight excluding hydrogens is 1480 g/mol. The van der Waals surface area contributed by atoms with Crippen LogP contribution in [0.4, 0.5) is 22.7 Å². The summed E-state index contributed by atoms with van der Waals surface area (Å²) < 4.78 is 61.5. The highest BCUT2D eigenvalue weighted by Gasteiger charge is 2.40. The molecule has 8 aromatic carbocycles. The third-order valence-corrected chi connectivity index (χ3v) is 17.6. The minimum absolute atomic E-state index is 0. The standard InChI is InChI=1S/C22H21N3O4.C19H17N3O3.C18H18BrN3O3.C9H9BrO3.C6H7NO.C3H2N2/c1-4-20(26)24-22-16(11-23)21(13-5-8-17-19(9-13)28-12-27-17)15-7-6-14(25(2)3)10-18(15)29-22;1-22(2)12-4-5-13-16(8-12)25-19(21)14(9-20)18(13)11-3-6-15-17(7-11)24-10-23-15;1-23-15-6-9(5-13(19)17(15)24-2)16-11-4-3-10(21)7-14(11)25-18(22)12(16)8-20;1-12-8-4-6(5-11)3-7(10)9(8)13-2;7-5-2-1-3-6(8)4-5;4-2-1-3-5/h5-10,21H,4,12H2,1-3H3,(H,24,26);3-8,18H,10,21H2,1-2H3;3-7,12,16,18H,21-22H2,1-2H3;3-5H,1-2H3;1-4,8H,7H2;1H2. The molecule has 13 rings (SSSR count). The van der Waals surface area contributed by atoms with Gasteiger partial charge in [-0.05, 0) is 127 Å². The number of halogens is 2. The second-order valence-corrected chi connectivity index (χ2v) is 25.1. The number of aromatic hydroxyl groups is 1. The van der Waals surface area contributed by atoms with Crippen LogP contribution >= 0.6 is 31.9 Å². The number of amides is 1. The number of phenolic OH excluding ortho intramolecular Hbond substituents is 1. The molecule has 0 aromatic heterocycles. The van der Waals surface area contributed by atoms with Crippen molar-refractivity contribution in [2.45, 2.75) is 43.7 Å². The maximum absolute atomic E-state index is 12.0. The molecule has 0 bridgehead atoms. The Balaban J connectivity index is 0.000000171. The number of nitrogens with two attached hydrogens (primary N) is 4. The van der Waals surface area contributed by atoms with E-state index in [1.165, 1.54) is 13.2 Å². The van der Waals surface area contributed by atoms with Crippen molar-refractivity contribution in [1.82, 2.24) is 5.32 Å². The largest absolute Gasteiger partial charge is 0.508 e. The molecule has 5 aliphatic heterocycles. The van der Waals surface area contributed by atoms with Crippen molar-refractivity contribution in [3.8, 4) is 99.3 Å². The maximum Gasteiger partial charge on any atom is 0.231 e. The summed E-state index contributed by atoms with van der Waals surface area (Å²) in [6, 6.07) is 52.0. The number of benzene rings is 8. The molecule has 0 aliphatic carbocycles. The number of carbonyl (C=O) groups excluding carboxylic acids is 2. The van der Waals surface area contributed by atoms with Crippen molar-refractivity contribution in [2.75, 3.05) is 91.5 Å². The minimum Gasteiger partial charge on any atom is -0.508 e. The zero-order chi connectivity index (χ0) is 76.2. The van der Waals surface area contributed by atoms with Crippen LogP contribution in [0.25, 0.3) is 0 Å². The predicted molar refractivity (Wildman–Crippen MR) is 398 cm³/mol. The maximum atomic E-state index is 12.0. The second kappa shape index (κ2) is 36.3. The Morgan fingerprint density at radius 1 is 0.590 bits per heavy atom. The second-order valence-electron chi connectivity index (χ2n) is 23.4. The van der Waals surface area contributed by atoms with Crippen LogP contribution in [0, 0.1) is 62.6 Å². The molecule has 10 N–H and O–H groups in total. The molecule has 0 saturated heterocycles. The molecule has 5 unspecified atom stereocenters. The molecular formula is C77H74Br2N12O14. The van der Waals surface area contributed by atoms with Gasteiger partial charge in [-0.1, -0.05) is 43.3 Å². The van der Waals surface area contributed by atoms with E-state index in [1.54, 1.807) is 82.9 Å². The molecule has 26 nitrogen and oxygen atoms in total. The van der Waals surface area contributed by atoms with Crippen LogP contribution in [0.1, 0.15) is 81.3 Å². The van der Waals surface area contributed by atoms with Gasteiger partial charge in [-0.3, -0.25) is 20.6 Å². The van der Waals surface area contributed by atoms with Crippen LogP contribution < -0.4 is 90.2 Å². The lowest BCUT2D eigenvalue weighted by atomic mass is 9.78. The molecule has 5 heterocycles. The summed E-state index contributed by atoms with van der Waals surface area (Å²) in [7, 11) is 14.0. The third-order valence-electron chi connectivity index (χ3n) is 16.4. The first kappa shape index (κ1) is 78.1. The normalized spacial score (nSPS) is 16.0. The van der Waals surface area contributed by atoms with Crippen LogP contribution in [0.15, 0.2) is 171 Å². The van der Waals surface area contributed by atoms with Gasteiger partial charge < -0.3 is 84.2 Å². The first-order valence-electron chi connectivity index (χ1n) is 31.9. The van der Waals surface area contributed by atoms with E-state index in [2.05, 4.69) is 55.4 Å². The molecule has 0 radical (unpaired) electrons. The monoisotopic (exact) mass is 1550 g/mol. The first-order chi connectivity index (χ1) is 50.5. The minimum atomic E-state index is -0.754. The van der Waals surface area contributed by atoms with Crippen LogP contribution in [0.3, 0.4) is 0 Å². The summed E-state index contributed by atoms with van der Waals surface area (Å²) in [5, 5.41) is 55.9. The van der Waals surface area contributed by atoms with Crippen LogP contribution in [0.5, 0.6) is 69.0 Å². The van der Waals surface area contributed by atoms with Gasteiger partial charge in [0.25, 0.3) is 0 Å². The number of allylic oxidation sites excluding steroid dienone is 2. The summed E-state index contributed by atoms with van der Waals surface area (Å²) in [5.74, 6) is 5.59. The van der Waals surface area contributed by atoms with Gasteiger partial charge in [-0.25, -0.2) is 0 Å². The lowest BCUT2D eigenvalue weighted by Crippen LogP contribution is -2.42. The SMILES string of the molecule is CCC(=O)NC1=C(C#N)C(c2ccc3c(c2)OCO3)c2ccc(N(C)C)cc2O1.CN(C)c1ccc2c(c1)OC(N)=C(C#N)C2c1ccc2c(c1)OCO2.COc1cc(C2c3ccc(N)cc3OC(N)C2C#N)cc(Br)c1OC.COc1cc(C=O)cc(Br)c1OC.N#CCC#N.Nc1cccc(O)c1. The fourth-order valence-corrected chi connectivity index (χ4v) is 12.6. The number of hydrogen-bond donors (Lipinski definition) is 6. The molecule has 540 valence electrons. The molecule has 8 aromatic rings. The zero-order valence-corrected chi connectivity index (χ0v) is 61.7. The number of nitrogens with zero attached hydrogens (tertiary/aromatic N) is 7. The van der Waals surface area contributed by atoms with E-state index in [4.69, 9.17) is 90.7 Å². The highest BCUT2D eigenvalue weighted by molar-refractivity contribution is 9.11. The molecule has 0 spiro atoms.